The summed E-state index contributed by atoms with van der Waals surface area (Å²) in [6.07, 6.45) is 6.80. The molecule has 2 unspecified atom stereocenters. The van der Waals surface area contributed by atoms with Gasteiger partial charge < -0.3 is 15.4 Å². The highest BCUT2D eigenvalue weighted by atomic mass is 16.5. The molecule has 0 radical (unpaired) electrons. The molecule has 0 spiro atoms. The molecule has 1 aliphatic carbocycles. The van der Waals surface area contributed by atoms with E-state index in [4.69, 9.17) is 5.73 Å². The molecule has 4 nitrogen and oxygen atoms in total. The molecule has 1 aliphatic rings. The Morgan fingerprint density at radius 3 is 2.71 bits per heavy atom. The first-order valence-corrected chi connectivity index (χ1v) is 6.66. The minimum atomic E-state index is -0.130. The van der Waals surface area contributed by atoms with E-state index in [9.17, 15) is 4.79 Å². The van der Waals surface area contributed by atoms with Crippen molar-refractivity contribution in [2.75, 3.05) is 27.2 Å². The van der Waals surface area contributed by atoms with Crippen LogP contribution in [0.15, 0.2) is 0 Å². The van der Waals surface area contributed by atoms with Crippen LogP contribution in [0.3, 0.4) is 0 Å². The lowest BCUT2D eigenvalue weighted by Gasteiger charge is -2.32. The maximum atomic E-state index is 11.1. The van der Waals surface area contributed by atoms with Crippen LogP contribution >= 0.6 is 0 Å². The SMILES string of the molecule is COC(=O)CCN(C)C1CCCCCC1CN. The molecule has 1 rings (SSSR count). The van der Waals surface area contributed by atoms with Gasteiger partial charge in [-0.3, -0.25) is 4.79 Å². The number of hydrogen-bond acceptors (Lipinski definition) is 4. The Bertz CT molecular complexity index is 233. The van der Waals surface area contributed by atoms with Crippen LogP contribution in [0.5, 0.6) is 0 Å². The van der Waals surface area contributed by atoms with Crippen molar-refractivity contribution in [2.24, 2.45) is 11.7 Å². The van der Waals surface area contributed by atoms with Crippen molar-refractivity contribution in [3.63, 3.8) is 0 Å². The number of hydrogen-bond donors (Lipinski definition) is 1. The fourth-order valence-electron chi connectivity index (χ4n) is 2.76. The van der Waals surface area contributed by atoms with Crippen LogP contribution < -0.4 is 5.73 Å². The van der Waals surface area contributed by atoms with E-state index in [0.29, 0.717) is 18.4 Å². The van der Waals surface area contributed by atoms with E-state index in [1.54, 1.807) is 0 Å². The van der Waals surface area contributed by atoms with Gasteiger partial charge >= 0.3 is 5.97 Å². The smallest absolute Gasteiger partial charge is 0.306 e. The zero-order valence-electron chi connectivity index (χ0n) is 11.2. The van der Waals surface area contributed by atoms with Gasteiger partial charge in [0.1, 0.15) is 0 Å². The van der Waals surface area contributed by atoms with Gasteiger partial charge in [0, 0.05) is 12.6 Å². The second-order valence-electron chi connectivity index (χ2n) is 5.01. The minimum absolute atomic E-state index is 0.130. The van der Waals surface area contributed by atoms with Crippen molar-refractivity contribution in [2.45, 2.75) is 44.6 Å². The van der Waals surface area contributed by atoms with Crippen molar-refractivity contribution in [1.82, 2.24) is 4.90 Å². The lowest BCUT2D eigenvalue weighted by atomic mass is 9.93. The number of methoxy groups -OCH3 is 1. The van der Waals surface area contributed by atoms with Crippen molar-refractivity contribution < 1.29 is 9.53 Å². The number of carbonyl (C=O) groups is 1. The molecule has 17 heavy (non-hydrogen) atoms. The highest BCUT2D eigenvalue weighted by Crippen LogP contribution is 2.26. The summed E-state index contributed by atoms with van der Waals surface area (Å²) in [5, 5.41) is 0. The van der Waals surface area contributed by atoms with Crippen LogP contribution in [-0.2, 0) is 9.53 Å². The Morgan fingerprint density at radius 1 is 1.35 bits per heavy atom. The predicted molar refractivity (Wildman–Crippen MR) is 68.7 cm³/mol. The molecule has 1 saturated carbocycles. The molecule has 0 heterocycles. The number of ether oxygens (including phenoxy) is 1. The van der Waals surface area contributed by atoms with Crippen LogP contribution in [0.2, 0.25) is 0 Å². The Kier molecular flexibility index (Phi) is 6.52. The molecule has 0 saturated heterocycles. The van der Waals surface area contributed by atoms with Gasteiger partial charge in [0.05, 0.1) is 13.5 Å². The number of esters is 1. The van der Waals surface area contributed by atoms with Gasteiger partial charge in [0.2, 0.25) is 0 Å². The molecule has 0 bridgehead atoms. The second kappa shape index (κ2) is 7.67. The highest BCUT2D eigenvalue weighted by molar-refractivity contribution is 5.69. The van der Waals surface area contributed by atoms with Gasteiger partial charge in [-0.15, -0.1) is 0 Å². The monoisotopic (exact) mass is 242 g/mol. The number of nitrogens with zero attached hydrogens (tertiary/aromatic N) is 1. The maximum absolute atomic E-state index is 11.1. The molecular weight excluding hydrogens is 216 g/mol. The van der Waals surface area contributed by atoms with E-state index in [1.165, 1.54) is 39.2 Å². The first-order chi connectivity index (χ1) is 8.19. The summed E-state index contributed by atoms with van der Waals surface area (Å²) in [5.74, 6) is 0.454. The van der Waals surface area contributed by atoms with Gasteiger partial charge in [-0.2, -0.15) is 0 Å². The lowest BCUT2D eigenvalue weighted by Crippen LogP contribution is -2.41. The van der Waals surface area contributed by atoms with Crippen LogP contribution in [0, 0.1) is 5.92 Å². The quantitative estimate of drug-likeness (QED) is 0.584. The molecule has 0 aromatic rings. The van der Waals surface area contributed by atoms with Crippen molar-refractivity contribution >= 4 is 5.97 Å². The van der Waals surface area contributed by atoms with E-state index in [1.807, 2.05) is 0 Å². The summed E-state index contributed by atoms with van der Waals surface area (Å²) in [6.45, 7) is 1.53. The molecule has 0 aromatic heterocycles. The predicted octanol–water partition coefficient (Wildman–Crippen LogP) is 1.39. The lowest BCUT2D eigenvalue weighted by molar-refractivity contribution is -0.141. The van der Waals surface area contributed by atoms with Crippen LogP contribution in [-0.4, -0.2) is 44.2 Å². The standard InChI is InChI=1S/C13H26N2O2/c1-15(9-8-13(16)17-2)12-7-5-3-4-6-11(12)10-14/h11-12H,3-10,14H2,1-2H3. The summed E-state index contributed by atoms with van der Waals surface area (Å²) < 4.78 is 4.68. The normalized spacial score (nSPS) is 25.6. The third-order valence-electron chi connectivity index (χ3n) is 3.88. The summed E-state index contributed by atoms with van der Waals surface area (Å²) in [6, 6.07) is 0.534. The molecule has 0 aromatic carbocycles. The van der Waals surface area contributed by atoms with Gasteiger partial charge in [0.15, 0.2) is 0 Å². The van der Waals surface area contributed by atoms with Crippen molar-refractivity contribution in [1.29, 1.82) is 0 Å². The first-order valence-electron chi connectivity index (χ1n) is 6.66. The molecule has 4 heteroatoms. The summed E-state index contributed by atoms with van der Waals surface area (Å²) in [7, 11) is 3.54. The molecule has 0 amide bonds. The van der Waals surface area contributed by atoms with E-state index in [-0.39, 0.29) is 5.97 Å². The van der Waals surface area contributed by atoms with E-state index >= 15 is 0 Å². The summed E-state index contributed by atoms with van der Waals surface area (Å²) in [5.41, 5.74) is 5.86. The average Bonchev–Trinajstić information content (AvgIpc) is 2.60. The number of carbonyl (C=O) groups excluding carboxylic acids is 1. The molecule has 1 fully saturated rings. The van der Waals surface area contributed by atoms with E-state index in [2.05, 4.69) is 16.7 Å². The third kappa shape index (κ3) is 4.64. The Labute approximate surface area is 104 Å². The largest absolute Gasteiger partial charge is 0.469 e. The Morgan fingerprint density at radius 2 is 2.06 bits per heavy atom. The highest BCUT2D eigenvalue weighted by Gasteiger charge is 2.26. The molecule has 2 N–H and O–H groups in total. The van der Waals surface area contributed by atoms with Gasteiger partial charge in [-0.25, -0.2) is 0 Å². The topological polar surface area (TPSA) is 55.6 Å². The minimum Gasteiger partial charge on any atom is -0.469 e. The number of nitrogens with two attached hydrogens (primary N) is 1. The van der Waals surface area contributed by atoms with Gasteiger partial charge in [-0.05, 0) is 32.4 Å². The maximum Gasteiger partial charge on any atom is 0.306 e. The van der Waals surface area contributed by atoms with Crippen LogP contribution in [0.4, 0.5) is 0 Å². The zero-order valence-corrected chi connectivity index (χ0v) is 11.2. The second-order valence-corrected chi connectivity index (χ2v) is 5.01. The van der Waals surface area contributed by atoms with Crippen LogP contribution in [0.25, 0.3) is 0 Å². The molecule has 100 valence electrons. The first kappa shape index (κ1) is 14.5. The Balaban J connectivity index is 2.45. The summed E-state index contributed by atoms with van der Waals surface area (Å²) in [4.78, 5) is 13.4. The molecule has 0 aliphatic heterocycles. The third-order valence-corrected chi connectivity index (χ3v) is 3.88. The van der Waals surface area contributed by atoms with Crippen molar-refractivity contribution in [3.05, 3.63) is 0 Å². The van der Waals surface area contributed by atoms with Gasteiger partial charge in [0.25, 0.3) is 0 Å². The fourth-order valence-corrected chi connectivity index (χ4v) is 2.76. The Hall–Kier alpha value is -0.610. The average molecular weight is 242 g/mol. The summed E-state index contributed by atoms with van der Waals surface area (Å²) >= 11 is 0. The van der Waals surface area contributed by atoms with E-state index < -0.39 is 0 Å². The fraction of sp³-hybridized carbons (Fsp3) is 0.923. The molecule has 2 atom stereocenters. The van der Waals surface area contributed by atoms with Crippen molar-refractivity contribution in [3.8, 4) is 0 Å². The van der Waals surface area contributed by atoms with Crippen LogP contribution in [0.1, 0.15) is 38.5 Å². The zero-order chi connectivity index (χ0) is 12.7. The molecular formula is C13H26N2O2. The van der Waals surface area contributed by atoms with Gasteiger partial charge in [-0.1, -0.05) is 19.3 Å². The number of rotatable bonds is 5. The van der Waals surface area contributed by atoms with E-state index in [0.717, 1.165) is 13.1 Å².